The molecule has 0 aliphatic heterocycles. The Bertz CT molecular complexity index is 1150. The van der Waals surface area contributed by atoms with Crippen molar-refractivity contribution in [3.8, 4) is 28.4 Å². The summed E-state index contributed by atoms with van der Waals surface area (Å²) in [5, 5.41) is 0. The summed E-state index contributed by atoms with van der Waals surface area (Å²) in [6.07, 6.45) is -4.77. The molecular formula is C21H18F3NO5S. The van der Waals surface area contributed by atoms with Crippen LogP contribution in [0.15, 0.2) is 71.6 Å². The number of sulfonamides is 1. The summed E-state index contributed by atoms with van der Waals surface area (Å²) in [6.45, 7) is 0. The number of benzene rings is 3. The third kappa shape index (κ3) is 5.60. The Kier molecular flexibility index (Phi) is 6.30. The van der Waals surface area contributed by atoms with Crippen LogP contribution in [0.4, 0.5) is 18.9 Å². The normalized spacial score (nSPS) is 11.6. The van der Waals surface area contributed by atoms with E-state index in [1.807, 2.05) is 0 Å². The minimum Gasteiger partial charge on any atom is -0.493 e. The predicted molar refractivity (Wildman–Crippen MR) is 109 cm³/mol. The van der Waals surface area contributed by atoms with Crippen LogP contribution in [0.1, 0.15) is 0 Å². The Morgan fingerprint density at radius 3 is 1.84 bits per heavy atom. The van der Waals surface area contributed by atoms with Crippen molar-refractivity contribution in [1.82, 2.24) is 0 Å². The summed E-state index contributed by atoms with van der Waals surface area (Å²) in [5.74, 6) is 0.493. The predicted octanol–water partition coefficient (Wildman–Crippen LogP) is 5.07. The Morgan fingerprint density at radius 1 is 0.774 bits per heavy atom. The molecule has 0 amide bonds. The molecule has 1 N–H and O–H groups in total. The fourth-order valence-electron chi connectivity index (χ4n) is 2.79. The van der Waals surface area contributed by atoms with Gasteiger partial charge in [-0.25, -0.2) is 8.42 Å². The van der Waals surface area contributed by atoms with Gasteiger partial charge in [-0.1, -0.05) is 24.3 Å². The van der Waals surface area contributed by atoms with Crippen LogP contribution in [0.3, 0.4) is 0 Å². The molecule has 0 saturated carbocycles. The Labute approximate surface area is 177 Å². The zero-order valence-corrected chi connectivity index (χ0v) is 17.3. The quantitative estimate of drug-likeness (QED) is 0.541. The van der Waals surface area contributed by atoms with Crippen molar-refractivity contribution in [1.29, 1.82) is 0 Å². The van der Waals surface area contributed by atoms with Crippen LogP contribution < -0.4 is 18.9 Å². The molecule has 10 heteroatoms. The van der Waals surface area contributed by atoms with Crippen molar-refractivity contribution in [3.63, 3.8) is 0 Å². The summed E-state index contributed by atoms with van der Waals surface area (Å²) in [4.78, 5) is 0.0167. The highest BCUT2D eigenvalue weighted by Gasteiger charge is 2.31. The smallest absolute Gasteiger partial charge is 0.493 e. The first-order chi connectivity index (χ1) is 14.6. The average molecular weight is 453 g/mol. The lowest BCUT2D eigenvalue weighted by Gasteiger charge is -2.12. The van der Waals surface area contributed by atoms with E-state index < -0.39 is 16.4 Å². The summed E-state index contributed by atoms with van der Waals surface area (Å²) < 4.78 is 78.7. The molecule has 3 aromatic carbocycles. The number of hydrogen-bond donors (Lipinski definition) is 1. The van der Waals surface area contributed by atoms with E-state index in [0.717, 1.165) is 0 Å². The third-order valence-electron chi connectivity index (χ3n) is 4.22. The van der Waals surface area contributed by atoms with E-state index in [0.29, 0.717) is 28.3 Å². The monoisotopic (exact) mass is 453 g/mol. The standard InChI is InChI=1S/C21H18F3NO5S/c1-28-19-12-7-16(13-20(19)29-2)25-31(26,27)18-10-5-15(6-11-18)14-3-8-17(9-4-14)30-21(22,23)24/h3-13,25H,1-2H3. The summed E-state index contributed by atoms with van der Waals surface area (Å²) >= 11 is 0. The van der Waals surface area contributed by atoms with Crippen LogP contribution >= 0.6 is 0 Å². The van der Waals surface area contributed by atoms with E-state index >= 15 is 0 Å². The molecule has 0 fully saturated rings. The van der Waals surface area contributed by atoms with Crippen LogP contribution in [0.5, 0.6) is 17.2 Å². The molecule has 0 aliphatic rings. The highest BCUT2D eigenvalue weighted by Crippen LogP contribution is 2.31. The zero-order valence-electron chi connectivity index (χ0n) is 16.4. The third-order valence-corrected chi connectivity index (χ3v) is 5.62. The van der Waals surface area contributed by atoms with E-state index in [9.17, 15) is 21.6 Å². The van der Waals surface area contributed by atoms with Gasteiger partial charge >= 0.3 is 6.36 Å². The minimum absolute atomic E-state index is 0.0167. The second kappa shape index (κ2) is 8.76. The molecule has 0 bridgehead atoms. The molecule has 0 saturated heterocycles. The molecule has 0 heterocycles. The topological polar surface area (TPSA) is 73.9 Å². The number of alkyl halides is 3. The number of rotatable bonds is 7. The van der Waals surface area contributed by atoms with Gasteiger partial charge < -0.3 is 14.2 Å². The van der Waals surface area contributed by atoms with Crippen molar-refractivity contribution >= 4 is 15.7 Å². The lowest BCUT2D eigenvalue weighted by molar-refractivity contribution is -0.274. The summed E-state index contributed by atoms with van der Waals surface area (Å²) in [5.41, 5.74) is 1.52. The highest BCUT2D eigenvalue weighted by molar-refractivity contribution is 7.92. The number of anilines is 1. The largest absolute Gasteiger partial charge is 0.573 e. The second-order valence-electron chi connectivity index (χ2n) is 6.27. The van der Waals surface area contributed by atoms with E-state index in [1.54, 1.807) is 18.2 Å². The fraction of sp³-hybridized carbons (Fsp3) is 0.143. The number of methoxy groups -OCH3 is 2. The molecule has 31 heavy (non-hydrogen) atoms. The van der Waals surface area contributed by atoms with Gasteiger partial charge in [-0.3, -0.25) is 4.72 Å². The first kappa shape index (κ1) is 22.3. The van der Waals surface area contributed by atoms with Gasteiger partial charge in [0.25, 0.3) is 10.0 Å². The van der Waals surface area contributed by atoms with Crippen molar-refractivity contribution in [2.24, 2.45) is 0 Å². The van der Waals surface area contributed by atoms with Gasteiger partial charge in [-0.15, -0.1) is 13.2 Å². The van der Waals surface area contributed by atoms with Crippen molar-refractivity contribution in [2.75, 3.05) is 18.9 Å². The first-order valence-corrected chi connectivity index (χ1v) is 10.3. The van der Waals surface area contributed by atoms with Crippen LogP contribution in [0.25, 0.3) is 11.1 Å². The van der Waals surface area contributed by atoms with Crippen molar-refractivity contribution in [2.45, 2.75) is 11.3 Å². The molecule has 0 unspecified atom stereocenters. The highest BCUT2D eigenvalue weighted by atomic mass is 32.2. The fourth-order valence-corrected chi connectivity index (χ4v) is 3.84. The molecule has 164 valence electrons. The molecule has 3 rings (SSSR count). The van der Waals surface area contributed by atoms with Gasteiger partial charge in [0.2, 0.25) is 0 Å². The zero-order chi connectivity index (χ0) is 22.6. The summed E-state index contributed by atoms with van der Waals surface area (Å²) in [7, 11) is -0.962. The first-order valence-electron chi connectivity index (χ1n) is 8.82. The minimum atomic E-state index is -4.77. The molecule has 0 atom stereocenters. The molecule has 0 aliphatic carbocycles. The van der Waals surface area contributed by atoms with Crippen LogP contribution in [0.2, 0.25) is 0 Å². The van der Waals surface area contributed by atoms with Gasteiger partial charge in [0, 0.05) is 6.07 Å². The second-order valence-corrected chi connectivity index (χ2v) is 7.95. The van der Waals surface area contributed by atoms with Gasteiger partial charge in [-0.2, -0.15) is 0 Å². The number of halogens is 3. The average Bonchev–Trinajstić information content (AvgIpc) is 2.73. The Morgan fingerprint density at radius 2 is 1.32 bits per heavy atom. The van der Waals surface area contributed by atoms with Crippen LogP contribution in [-0.4, -0.2) is 29.0 Å². The summed E-state index contributed by atoms with van der Waals surface area (Å²) in [6, 6.07) is 15.8. The van der Waals surface area contributed by atoms with Gasteiger partial charge in [0.1, 0.15) is 5.75 Å². The molecule has 0 spiro atoms. The maximum atomic E-state index is 12.7. The van der Waals surface area contributed by atoms with Crippen molar-refractivity contribution < 1.29 is 35.8 Å². The Hall–Kier alpha value is -3.40. The van der Waals surface area contributed by atoms with Crippen LogP contribution in [-0.2, 0) is 10.0 Å². The number of nitrogens with one attached hydrogen (secondary N) is 1. The maximum absolute atomic E-state index is 12.7. The molecule has 0 radical (unpaired) electrons. The van der Waals surface area contributed by atoms with Crippen LogP contribution in [0, 0.1) is 0 Å². The SMILES string of the molecule is COc1ccc(NS(=O)(=O)c2ccc(-c3ccc(OC(F)(F)F)cc3)cc2)cc1OC. The van der Waals surface area contributed by atoms with E-state index in [-0.39, 0.29) is 10.6 Å². The maximum Gasteiger partial charge on any atom is 0.573 e. The molecular weight excluding hydrogens is 435 g/mol. The molecule has 6 nitrogen and oxygen atoms in total. The number of hydrogen-bond acceptors (Lipinski definition) is 5. The number of ether oxygens (including phenoxy) is 3. The van der Waals surface area contributed by atoms with Gasteiger partial charge in [-0.05, 0) is 47.5 Å². The lowest BCUT2D eigenvalue weighted by Crippen LogP contribution is -2.16. The van der Waals surface area contributed by atoms with E-state index in [1.165, 1.54) is 62.8 Å². The van der Waals surface area contributed by atoms with Gasteiger partial charge in [0.15, 0.2) is 11.5 Å². The van der Waals surface area contributed by atoms with Crippen molar-refractivity contribution in [3.05, 3.63) is 66.7 Å². The molecule has 0 aromatic heterocycles. The van der Waals surface area contributed by atoms with E-state index in [2.05, 4.69) is 9.46 Å². The molecule has 3 aromatic rings. The Balaban J connectivity index is 1.77. The van der Waals surface area contributed by atoms with Gasteiger partial charge in [0.05, 0.1) is 24.8 Å². The van der Waals surface area contributed by atoms with E-state index in [4.69, 9.17) is 9.47 Å². The lowest BCUT2D eigenvalue weighted by atomic mass is 10.1.